The number of Topliss-reactive ketones (excluding diaryl/α,β-unsaturated/α-hetero) is 2. The van der Waals surface area contributed by atoms with Gasteiger partial charge in [0, 0.05) is 25.8 Å². The van der Waals surface area contributed by atoms with E-state index >= 15 is 0 Å². The minimum absolute atomic E-state index is 0.0110. The second-order valence-electron chi connectivity index (χ2n) is 3.62. The van der Waals surface area contributed by atoms with Gasteiger partial charge in [0.25, 0.3) is 0 Å². The Morgan fingerprint density at radius 3 is 2.50 bits per heavy atom. The van der Waals surface area contributed by atoms with Gasteiger partial charge in [-0.15, -0.1) is 0 Å². The zero-order valence-electron chi connectivity index (χ0n) is 7.93. The van der Waals surface area contributed by atoms with Crippen LogP contribution in [0.15, 0.2) is 6.20 Å². The summed E-state index contributed by atoms with van der Waals surface area (Å²) >= 11 is 0. The molecule has 1 aliphatic carbocycles. The third-order valence-electron chi connectivity index (χ3n) is 2.38. The number of hydrogen-bond acceptors (Lipinski definition) is 4. The van der Waals surface area contributed by atoms with Gasteiger partial charge in [-0.3, -0.25) is 9.59 Å². The molecule has 74 valence electrons. The fourth-order valence-corrected chi connectivity index (χ4v) is 1.74. The van der Waals surface area contributed by atoms with Gasteiger partial charge in [0.15, 0.2) is 0 Å². The molecular formula is C9H11N3O2. The molecule has 0 atom stereocenters. The number of hydrogen-bond donors (Lipinski definition) is 0. The van der Waals surface area contributed by atoms with E-state index in [1.165, 1.54) is 4.80 Å². The molecule has 0 aromatic carbocycles. The standard InChI is InChI=1S/C9H11N3O2/c1-12-10-5-9(11-12)6-2-7(13)4-8(14)3-6/h5-6H,2-4H2,1H3. The van der Waals surface area contributed by atoms with Gasteiger partial charge < -0.3 is 0 Å². The second-order valence-corrected chi connectivity index (χ2v) is 3.62. The molecule has 5 heteroatoms. The summed E-state index contributed by atoms with van der Waals surface area (Å²) in [6.45, 7) is 0. The summed E-state index contributed by atoms with van der Waals surface area (Å²) in [6.07, 6.45) is 2.56. The summed E-state index contributed by atoms with van der Waals surface area (Å²) < 4.78 is 0. The average molecular weight is 193 g/mol. The van der Waals surface area contributed by atoms with Crippen molar-refractivity contribution in [1.82, 2.24) is 15.0 Å². The van der Waals surface area contributed by atoms with Crippen LogP contribution in [0.2, 0.25) is 0 Å². The van der Waals surface area contributed by atoms with Gasteiger partial charge in [-0.25, -0.2) is 0 Å². The summed E-state index contributed by atoms with van der Waals surface area (Å²) in [7, 11) is 1.72. The molecule has 0 amide bonds. The van der Waals surface area contributed by atoms with E-state index < -0.39 is 0 Å². The van der Waals surface area contributed by atoms with E-state index in [-0.39, 0.29) is 23.9 Å². The fraction of sp³-hybridized carbons (Fsp3) is 0.556. The van der Waals surface area contributed by atoms with Crippen LogP contribution in [0, 0.1) is 0 Å². The number of nitrogens with zero attached hydrogens (tertiary/aromatic N) is 3. The molecule has 0 unspecified atom stereocenters. The lowest BCUT2D eigenvalue weighted by molar-refractivity contribution is -0.130. The highest BCUT2D eigenvalue weighted by Crippen LogP contribution is 2.27. The Kier molecular flexibility index (Phi) is 2.15. The van der Waals surface area contributed by atoms with Crippen molar-refractivity contribution in [1.29, 1.82) is 0 Å². The molecule has 0 aliphatic heterocycles. The van der Waals surface area contributed by atoms with E-state index in [2.05, 4.69) is 10.2 Å². The number of aromatic nitrogens is 3. The normalized spacial score (nSPS) is 18.9. The smallest absolute Gasteiger partial charge is 0.140 e. The van der Waals surface area contributed by atoms with Crippen LogP contribution in [-0.4, -0.2) is 26.6 Å². The predicted molar refractivity (Wildman–Crippen MR) is 47.6 cm³/mol. The lowest BCUT2D eigenvalue weighted by atomic mass is 9.86. The monoisotopic (exact) mass is 193 g/mol. The Balaban J connectivity index is 2.18. The van der Waals surface area contributed by atoms with Crippen molar-refractivity contribution in [3.63, 3.8) is 0 Å². The Morgan fingerprint density at radius 2 is 2.00 bits per heavy atom. The van der Waals surface area contributed by atoms with E-state index in [9.17, 15) is 9.59 Å². The molecule has 0 bridgehead atoms. The molecule has 0 N–H and O–H groups in total. The largest absolute Gasteiger partial charge is 0.299 e. The van der Waals surface area contributed by atoms with Gasteiger partial charge in [0.05, 0.1) is 18.3 Å². The van der Waals surface area contributed by atoms with Crippen LogP contribution in [-0.2, 0) is 16.6 Å². The third-order valence-corrected chi connectivity index (χ3v) is 2.38. The fourth-order valence-electron chi connectivity index (χ4n) is 1.74. The Bertz CT molecular complexity index is 367. The summed E-state index contributed by atoms with van der Waals surface area (Å²) in [4.78, 5) is 23.8. The van der Waals surface area contributed by atoms with E-state index in [1.807, 2.05) is 0 Å². The van der Waals surface area contributed by atoms with Gasteiger partial charge in [-0.2, -0.15) is 15.0 Å². The van der Waals surface area contributed by atoms with Crippen LogP contribution in [0.5, 0.6) is 0 Å². The Hall–Kier alpha value is -1.52. The second kappa shape index (κ2) is 3.32. The van der Waals surface area contributed by atoms with E-state index in [0.29, 0.717) is 12.8 Å². The van der Waals surface area contributed by atoms with Crippen LogP contribution >= 0.6 is 0 Å². The molecule has 1 heterocycles. The van der Waals surface area contributed by atoms with Crippen LogP contribution in [0.1, 0.15) is 30.9 Å². The van der Waals surface area contributed by atoms with Crippen LogP contribution in [0.25, 0.3) is 0 Å². The summed E-state index contributed by atoms with van der Waals surface area (Å²) in [6, 6.07) is 0. The van der Waals surface area contributed by atoms with Gasteiger partial charge in [0.2, 0.25) is 0 Å². The SMILES string of the molecule is Cn1ncc(C2CC(=O)CC(=O)C2)n1. The molecular weight excluding hydrogens is 182 g/mol. The first kappa shape index (κ1) is 9.05. The number of aryl methyl sites for hydroxylation is 1. The molecule has 1 aliphatic rings. The minimum atomic E-state index is -0.0579. The van der Waals surface area contributed by atoms with E-state index in [4.69, 9.17) is 0 Å². The quantitative estimate of drug-likeness (QED) is 0.598. The van der Waals surface area contributed by atoms with Crippen molar-refractivity contribution in [2.24, 2.45) is 7.05 Å². The highest BCUT2D eigenvalue weighted by molar-refractivity contribution is 6.02. The van der Waals surface area contributed by atoms with Crippen LogP contribution in [0.4, 0.5) is 0 Å². The minimum Gasteiger partial charge on any atom is -0.299 e. The Labute approximate surface area is 81.1 Å². The maximum atomic E-state index is 11.2. The topological polar surface area (TPSA) is 64.8 Å². The van der Waals surface area contributed by atoms with E-state index in [1.54, 1.807) is 13.2 Å². The number of carbonyl (C=O) groups is 2. The summed E-state index contributed by atoms with van der Waals surface area (Å²) in [5.74, 6) is -0.0359. The number of ketones is 2. The van der Waals surface area contributed by atoms with Crippen molar-refractivity contribution in [2.75, 3.05) is 0 Å². The molecule has 1 saturated carbocycles. The van der Waals surface area contributed by atoms with Gasteiger partial charge in [-0.05, 0) is 0 Å². The molecule has 5 nitrogen and oxygen atoms in total. The van der Waals surface area contributed by atoms with Crippen molar-refractivity contribution in [3.8, 4) is 0 Å². The molecule has 1 fully saturated rings. The first-order chi connectivity index (χ1) is 6.65. The van der Waals surface area contributed by atoms with Crippen LogP contribution < -0.4 is 0 Å². The Morgan fingerprint density at radius 1 is 1.36 bits per heavy atom. The third kappa shape index (κ3) is 1.71. The highest BCUT2D eigenvalue weighted by Gasteiger charge is 2.28. The number of rotatable bonds is 1. The predicted octanol–water partition coefficient (Wildman–Crippen LogP) is 0.221. The van der Waals surface area contributed by atoms with Crippen LogP contribution in [0.3, 0.4) is 0 Å². The molecule has 14 heavy (non-hydrogen) atoms. The van der Waals surface area contributed by atoms with Crippen molar-refractivity contribution < 1.29 is 9.59 Å². The van der Waals surface area contributed by atoms with Gasteiger partial charge in [-0.1, -0.05) is 0 Å². The lowest BCUT2D eigenvalue weighted by Crippen LogP contribution is -2.21. The first-order valence-electron chi connectivity index (χ1n) is 4.55. The highest BCUT2D eigenvalue weighted by atomic mass is 16.1. The molecule has 0 spiro atoms. The lowest BCUT2D eigenvalue weighted by Gasteiger charge is -2.17. The summed E-state index contributed by atoms with van der Waals surface area (Å²) in [5.41, 5.74) is 0.744. The van der Waals surface area contributed by atoms with Gasteiger partial charge >= 0.3 is 0 Å². The first-order valence-corrected chi connectivity index (χ1v) is 4.55. The molecule has 0 radical (unpaired) electrons. The average Bonchev–Trinajstić information content (AvgIpc) is 2.50. The molecule has 1 aromatic heterocycles. The van der Waals surface area contributed by atoms with Crippen molar-refractivity contribution in [2.45, 2.75) is 25.2 Å². The molecule has 0 saturated heterocycles. The summed E-state index contributed by atoms with van der Waals surface area (Å²) in [5, 5.41) is 8.03. The van der Waals surface area contributed by atoms with Crippen molar-refractivity contribution in [3.05, 3.63) is 11.9 Å². The zero-order chi connectivity index (χ0) is 10.1. The molecule has 2 rings (SSSR count). The van der Waals surface area contributed by atoms with Gasteiger partial charge in [0.1, 0.15) is 11.6 Å². The number of carbonyl (C=O) groups excluding carboxylic acids is 2. The van der Waals surface area contributed by atoms with Crippen molar-refractivity contribution >= 4 is 11.6 Å². The zero-order valence-corrected chi connectivity index (χ0v) is 7.93. The maximum absolute atomic E-state index is 11.2. The maximum Gasteiger partial charge on any atom is 0.140 e. The van der Waals surface area contributed by atoms with E-state index in [0.717, 1.165) is 5.69 Å². The molecule has 1 aromatic rings.